The van der Waals surface area contributed by atoms with Gasteiger partial charge in [0.2, 0.25) is 5.91 Å². The maximum absolute atomic E-state index is 12.5. The van der Waals surface area contributed by atoms with E-state index in [-0.39, 0.29) is 18.4 Å². The van der Waals surface area contributed by atoms with Crippen molar-refractivity contribution in [3.05, 3.63) is 54.1 Å². The molecule has 0 aliphatic rings. The highest BCUT2D eigenvalue weighted by Crippen LogP contribution is 2.24. The van der Waals surface area contributed by atoms with Gasteiger partial charge in [0.15, 0.2) is 0 Å². The second-order valence-corrected chi connectivity index (χ2v) is 7.49. The van der Waals surface area contributed by atoms with E-state index >= 15 is 0 Å². The predicted molar refractivity (Wildman–Crippen MR) is 111 cm³/mol. The van der Waals surface area contributed by atoms with Crippen LogP contribution in [-0.4, -0.2) is 43.2 Å². The van der Waals surface area contributed by atoms with Crippen LogP contribution in [0.5, 0.6) is 5.75 Å². The first kappa shape index (κ1) is 20.8. The third-order valence-electron chi connectivity index (χ3n) is 3.79. The third kappa shape index (κ3) is 6.32. The quantitative estimate of drug-likeness (QED) is 0.692. The molecule has 2 rings (SSSR count). The lowest BCUT2D eigenvalue weighted by Gasteiger charge is -2.18. The summed E-state index contributed by atoms with van der Waals surface area (Å²) in [6.07, 6.45) is 1.95. The molecule has 5 nitrogen and oxygen atoms in total. The highest BCUT2D eigenvalue weighted by atomic mass is 32.2. The minimum atomic E-state index is -0.232. The lowest BCUT2D eigenvalue weighted by molar-refractivity contribution is -0.116. The van der Waals surface area contributed by atoms with Gasteiger partial charge >= 0.3 is 0 Å². The van der Waals surface area contributed by atoms with E-state index in [0.29, 0.717) is 18.1 Å². The average Bonchev–Trinajstić information content (AvgIpc) is 2.66. The van der Waals surface area contributed by atoms with Crippen molar-refractivity contribution in [3.8, 4) is 5.75 Å². The molecule has 27 heavy (non-hydrogen) atoms. The zero-order valence-corrected chi connectivity index (χ0v) is 17.0. The fourth-order valence-corrected chi connectivity index (χ4v) is 2.96. The monoisotopic (exact) mass is 386 g/mol. The molecule has 0 unspecified atom stereocenters. The van der Waals surface area contributed by atoms with Gasteiger partial charge in [0.1, 0.15) is 5.75 Å². The molecule has 0 spiro atoms. The van der Waals surface area contributed by atoms with Gasteiger partial charge in [0.05, 0.1) is 18.8 Å². The van der Waals surface area contributed by atoms with Crippen LogP contribution in [0.2, 0.25) is 0 Å². The first-order valence-electron chi connectivity index (χ1n) is 8.82. The Morgan fingerprint density at radius 2 is 1.78 bits per heavy atom. The van der Waals surface area contributed by atoms with Crippen molar-refractivity contribution in [2.75, 3.05) is 31.8 Å². The van der Waals surface area contributed by atoms with E-state index in [4.69, 9.17) is 4.74 Å². The van der Waals surface area contributed by atoms with Crippen LogP contribution >= 0.6 is 11.8 Å². The maximum Gasteiger partial charge on any atom is 0.254 e. The summed E-state index contributed by atoms with van der Waals surface area (Å²) in [5.41, 5.74) is 1.27. The molecule has 0 atom stereocenters. The van der Waals surface area contributed by atoms with E-state index in [1.165, 1.54) is 4.90 Å². The average molecular weight is 387 g/mol. The molecule has 0 heterocycles. The third-order valence-corrected chi connectivity index (χ3v) is 4.59. The molecule has 144 valence electrons. The number of anilines is 1. The van der Waals surface area contributed by atoms with E-state index < -0.39 is 0 Å². The predicted octanol–water partition coefficient (Wildman–Crippen LogP) is 4.15. The number of benzene rings is 2. The van der Waals surface area contributed by atoms with Gasteiger partial charge in [-0.25, -0.2) is 0 Å². The summed E-state index contributed by atoms with van der Waals surface area (Å²) in [6, 6.07) is 14.6. The van der Waals surface area contributed by atoms with Crippen molar-refractivity contribution >= 4 is 29.3 Å². The fourth-order valence-electron chi connectivity index (χ4n) is 2.40. The maximum atomic E-state index is 12.5. The molecule has 0 aliphatic heterocycles. The molecule has 0 saturated carbocycles. The van der Waals surface area contributed by atoms with Gasteiger partial charge in [0.25, 0.3) is 5.91 Å². The molecule has 2 aromatic rings. The van der Waals surface area contributed by atoms with E-state index in [9.17, 15) is 9.59 Å². The van der Waals surface area contributed by atoms with Crippen LogP contribution in [0.15, 0.2) is 53.4 Å². The van der Waals surface area contributed by atoms with Crippen LogP contribution in [0.1, 0.15) is 24.2 Å². The van der Waals surface area contributed by atoms with Gasteiger partial charge in [-0.1, -0.05) is 26.0 Å². The van der Waals surface area contributed by atoms with Crippen LogP contribution in [0.25, 0.3) is 0 Å². The van der Waals surface area contributed by atoms with Crippen molar-refractivity contribution in [1.82, 2.24) is 4.90 Å². The number of nitrogens with zero attached hydrogens (tertiary/aromatic N) is 1. The van der Waals surface area contributed by atoms with Gasteiger partial charge in [-0.3, -0.25) is 9.59 Å². The summed E-state index contributed by atoms with van der Waals surface area (Å²) in [4.78, 5) is 27.2. The Morgan fingerprint density at radius 1 is 1.11 bits per heavy atom. The zero-order valence-electron chi connectivity index (χ0n) is 16.2. The zero-order chi connectivity index (χ0) is 19.8. The number of ether oxygens (including phenoxy) is 1. The summed E-state index contributed by atoms with van der Waals surface area (Å²) in [6.45, 7) is 4.77. The molecule has 0 aromatic heterocycles. The first-order valence-corrected chi connectivity index (χ1v) is 10.0. The highest BCUT2D eigenvalue weighted by Gasteiger charge is 2.16. The number of hydrogen-bond acceptors (Lipinski definition) is 4. The van der Waals surface area contributed by atoms with Crippen molar-refractivity contribution in [1.29, 1.82) is 0 Å². The van der Waals surface area contributed by atoms with Crippen LogP contribution in [-0.2, 0) is 4.79 Å². The Hall–Kier alpha value is -2.47. The molecular weight excluding hydrogens is 360 g/mol. The SMILES string of the molecule is CSc1ccccc1NC(=O)CN(C)C(=O)c1ccc(OCC(C)C)cc1. The second-order valence-electron chi connectivity index (χ2n) is 6.64. The minimum Gasteiger partial charge on any atom is -0.493 e. The lowest BCUT2D eigenvalue weighted by atomic mass is 10.2. The molecular formula is C21H26N2O3S. The van der Waals surface area contributed by atoms with E-state index in [2.05, 4.69) is 19.2 Å². The minimum absolute atomic E-state index is 0.0207. The topological polar surface area (TPSA) is 58.6 Å². The van der Waals surface area contributed by atoms with Crippen LogP contribution in [0.3, 0.4) is 0 Å². The number of amides is 2. The number of carbonyl (C=O) groups is 2. The normalized spacial score (nSPS) is 10.6. The molecule has 0 aliphatic carbocycles. The Balaban J connectivity index is 1.93. The Labute approximate surface area is 165 Å². The Kier molecular flexibility index (Phi) is 7.73. The van der Waals surface area contributed by atoms with Gasteiger partial charge in [-0.05, 0) is 48.6 Å². The Bertz CT molecular complexity index is 775. The number of nitrogens with one attached hydrogen (secondary N) is 1. The van der Waals surface area contributed by atoms with Gasteiger partial charge in [0, 0.05) is 17.5 Å². The summed E-state index contributed by atoms with van der Waals surface area (Å²) < 4.78 is 5.62. The summed E-state index contributed by atoms with van der Waals surface area (Å²) in [5.74, 6) is 0.726. The number of likely N-dealkylation sites (N-methyl/N-ethyl adjacent to an activating group) is 1. The van der Waals surface area contributed by atoms with Crippen molar-refractivity contribution in [3.63, 3.8) is 0 Å². The molecule has 2 amide bonds. The molecule has 6 heteroatoms. The van der Waals surface area contributed by atoms with E-state index in [1.54, 1.807) is 43.1 Å². The lowest BCUT2D eigenvalue weighted by Crippen LogP contribution is -2.35. The van der Waals surface area contributed by atoms with Gasteiger partial charge in [-0.2, -0.15) is 0 Å². The van der Waals surface area contributed by atoms with E-state index in [0.717, 1.165) is 16.3 Å². The number of para-hydroxylation sites is 1. The van der Waals surface area contributed by atoms with Crippen LogP contribution in [0, 0.1) is 5.92 Å². The second kappa shape index (κ2) is 10.0. The molecule has 1 N–H and O–H groups in total. The molecule has 0 saturated heterocycles. The molecule has 2 aromatic carbocycles. The summed E-state index contributed by atoms with van der Waals surface area (Å²) in [7, 11) is 1.62. The van der Waals surface area contributed by atoms with Crippen LogP contribution in [0.4, 0.5) is 5.69 Å². The highest BCUT2D eigenvalue weighted by molar-refractivity contribution is 7.98. The van der Waals surface area contributed by atoms with Crippen molar-refractivity contribution in [2.45, 2.75) is 18.7 Å². The number of thioether (sulfide) groups is 1. The fraction of sp³-hybridized carbons (Fsp3) is 0.333. The van der Waals surface area contributed by atoms with Crippen LogP contribution < -0.4 is 10.1 Å². The van der Waals surface area contributed by atoms with Crippen molar-refractivity contribution in [2.24, 2.45) is 5.92 Å². The van der Waals surface area contributed by atoms with E-state index in [1.807, 2.05) is 30.5 Å². The number of carbonyl (C=O) groups excluding carboxylic acids is 2. The molecule has 0 radical (unpaired) electrons. The summed E-state index contributed by atoms with van der Waals surface area (Å²) in [5, 5.41) is 2.86. The number of hydrogen-bond donors (Lipinski definition) is 1. The first-order chi connectivity index (χ1) is 12.9. The Morgan fingerprint density at radius 3 is 2.41 bits per heavy atom. The van der Waals surface area contributed by atoms with Crippen molar-refractivity contribution < 1.29 is 14.3 Å². The largest absolute Gasteiger partial charge is 0.493 e. The molecule has 0 bridgehead atoms. The standard InChI is InChI=1S/C21H26N2O3S/c1-15(2)14-26-17-11-9-16(10-12-17)21(25)23(3)13-20(24)22-18-7-5-6-8-19(18)27-4/h5-12,15H,13-14H2,1-4H3,(H,22,24). The summed E-state index contributed by atoms with van der Waals surface area (Å²) >= 11 is 1.56. The molecule has 0 fully saturated rings. The van der Waals surface area contributed by atoms with Gasteiger partial charge < -0.3 is 15.0 Å². The smallest absolute Gasteiger partial charge is 0.254 e. The number of rotatable bonds is 8. The van der Waals surface area contributed by atoms with Gasteiger partial charge in [-0.15, -0.1) is 11.8 Å².